The van der Waals surface area contributed by atoms with Crippen molar-refractivity contribution < 1.29 is 4.79 Å². The van der Waals surface area contributed by atoms with Gasteiger partial charge in [0.15, 0.2) is 0 Å². The lowest BCUT2D eigenvalue weighted by Crippen LogP contribution is -2.30. The summed E-state index contributed by atoms with van der Waals surface area (Å²) in [4.78, 5) is 14.2. The Bertz CT molecular complexity index is 420. The van der Waals surface area contributed by atoms with E-state index in [0.29, 0.717) is 22.2 Å². The molecule has 0 saturated carbocycles. The van der Waals surface area contributed by atoms with Crippen LogP contribution < -0.4 is 5.32 Å². The van der Waals surface area contributed by atoms with Crippen LogP contribution >= 0.6 is 23.2 Å². The lowest BCUT2D eigenvalue weighted by atomic mass is 10.2. The summed E-state index contributed by atoms with van der Waals surface area (Å²) in [5, 5.41) is 3.78. The molecule has 0 aromatic heterocycles. The Labute approximate surface area is 124 Å². The van der Waals surface area contributed by atoms with Crippen molar-refractivity contribution >= 4 is 29.1 Å². The number of nitrogens with zero attached hydrogens (tertiary/aromatic N) is 1. The number of rotatable bonds is 7. The third-order valence-electron chi connectivity index (χ3n) is 3.01. The van der Waals surface area contributed by atoms with E-state index in [0.717, 1.165) is 26.1 Å². The predicted molar refractivity (Wildman–Crippen MR) is 81.2 cm³/mol. The fourth-order valence-corrected chi connectivity index (χ4v) is 2.31. The van der Waals surface area contributed by atoms with E-state index in [2.05, 4.69) is 24.1 Å². The Balaban J connectivity index is 2.39. The first kappa shape index (κ1) is 16.3. The molecule has 19 heavy (non-hydrogen) atoms. The molecule has 0 fully saturated rings. The van der Waals surface area contributed by atoms with Gasteiger partial charge in [0.2, 0.25) is 0 Å². The van der Waals surface area contributed by atoms with Gasteiger partial charge in [-0.3, -0.25) is 4.79 Å². The van der Waals surface area contributed by atoms with Crippen LogP contribution in [0.4, 0.5) is 0 Å². The molecule has 1 rings (SSSR count). The van der Waals surface area contributed by atoms with Crippen molar-refractivity contribution in [2.75, 3.05) is 26.2 Å². The molecule has 0 radical (unpaired) electrons. The van der Waals surface area contributed by atoms with Gasteiger partial charge < -0.3 is 10.2 Å². The van der Waals surface area contributed by atoms with E-state index < -0.39 is 0 Å². The van der Waals surface area contributed by atoms with Crippen LogP contribution in [0.25, 0.3) is 0 Å². The van der Waals surface area contributed by atoms with Crippen molar-refractivity contribution in [1.29, 1.82) is 0 Å². The predicted octanol–water partition coefficient (Wildman–Crippen LogP) is 3.46. The van der Waals surface area contributed by atoms with Crippen molar-refractivity contribution in [3.05, 3.63) is 33.8 Å². The van der Waals surface area contributed by atoms with Crippen LogP contribution in [0.2, 0.25) is 10.0 Å². The van der Waals surface area contributed by atoms with Crippen LogP contribution in [0, 0.1) is 0 Å². The second-order valence-electron chi connectivity index (χ2n) is 4.26. The van der Waals surface area contributed by atoms with Gasteiger partial charge in [0, 0.05) is 11.6 Å². The highest BCUT2D eigenvalue weighted by Crippen LogP contribution is 2.20. The van der Waals surface area contributed by atoms with Gasteiger partial charge >= 0.3 is 0 Å². The second-order valence-corrected chi connectivity index (χ2v) is 5.10. The highest BCUT2D eigenvalue weighted by Gasteiger charge is 2.10. The van der Waals surface area contributed by atoms with Crippen molar-refractivity contribution in [3.63, 3.8) is 0 Å². The minimum Gasteiger partial charge on any atom is -0.352 e. The average molecular weight is 303 g/mol. The highest BCUT2D eigenvalue weighted by atomic mass is 35.5. The Kier molecular flexibility index (Phi) is 7.21. The molecule has 0 atom stereocenters. The first-order valence-electron chi connectivity index (χ1n) is 6.54. The SMILES string of the molecule is CCN(CC)CCCNC(=O)c1ccc(Cl)cc1Cl. The summed E-state index contributed by atoms with van der Waals surface area (Å²) in [6.45, 7) is 7.97. The first-order chi connectivity index (χ1) is 9.08. The molecule has 0 aliphatic rings. The lowest BCUT2D eigenvalue weighted by molar-refractivity contribution is 0.0952. The molecule has 0 spiro atoms. The number of nitrogens with one attached hydrogen (secondary N) is 1. The van der Waals surface area contributed by atoms with Crippen LogP contribution in [0.3, 0.4) is 0 Å². The summed E-state index contributed by atoms with van der Waals surface area (Å²) >= 11 is 11.8. The molecular formula is C14H20Cl2N2O. The minimum atomic E-state index is -0.152. The number of hydrogen-bond donors (Lipinski definition) is 1. The Morgan fingerprint density at radius 1 is 1.26 bits per heavy atom. The number of hydrogen-bond acceptors (Lipinski definition) is 2. The molecule has 1 aromatic carbocycles. The van der Waals surface area contributed by atoms with Gasteiger partial charge in [-0.1, -0.05) is 37.0 Å². The highest BCUT2D eigenvalue weighted by molar-refractivity contribution is 6.36. The van der Waals surface area contributed by atoms with E-state index in [9.17, 15) is 4.79 Å². The normalized spacial score (nSPS) is 10.8. The summed E-state index contributed by atoms with van der Waals surface area (Å²) < 4.78 is 0. The number of carbonyl (C=O) groups excluding carboxylic acids is 1. The summed E-state index contributed by atoms with van der Waals surface area (Å²) in [6.07, 6.45) is 0.929. The monoisotopic (exact) mass is 302 g/mol. The van der Waals surface area contributed by atoms with Crippen molar-refractivity contribution in [1.82, 2.24) is 10.2 Å². The van der Waals surface area contributed by atoms with E-state index in [-0.39, 0.29) is 5.91 Å². The van der Waals surface area contributed by atoms with Crippen molar-refractivity contribution in [2.24, 2.45) is 0 Å². The molecule has 1 aromatic rings. The van der Waals surface area contributed by atoms with Crippen LogP contribution in [0.5, 0.6) is 0 Å². The minimum absolute atomic E-state index is 0.152. The second kappa shape index (κ2) is 8.41. The largest absolute Gasteiger partial charge is 0.352 e. The van der Waals surface area contributed by atoms with Gasteiger partial charge in [-0.25, -0.2) is 0 Å². The molecule has 0 unspecified atom stereocenters. The summed E-state index contributed by atoms with van der Waals surface area (Å²) in [6, 6.07) is 4.89. The Morgan fingerprint density at radius 2 is 1.95 bits per heavy atom. The van der Waals surface area contributed by atoms with E-state index >= 15 is 0 Å². The van der Waals surface area contributed by atoms with E-state index in [1.165, 1.54) is 0 Å². The fourth-order valence-electron chi connectivity index (χ4n) is 1.81. The molecule has 3 nitrogen and oxygen atoms in total. The summed E-state index contributed by atoms with van der Waals surface area (Å²) in [7, 11) is 0. The molecule has 1 N–H and O–H groups in total. The maximum absolute atomic E-state index is 11.9. The number of carbonyl (C=O) groups is 1. The van der Waals surface area contributed by atoms with Crippen molar-refractivity contribution in [2.45, 2.75) is 20.3 Å². The molecule has 1 amide bonds. The number of amides is 1. The molecule has 0 heterocycles. The first-order valence-corrected chi connectivity index (χ1v) is 7.29. The third-order valence-corrected chi connectivity index (χ3v) is 3.55. The van der Waals surface area contributed by atoms with Crippen LogP contribution in [-0.4, -0.2) is 37.0 Å². The molecule has 5 heteroatoms. The zero-order valence-electron chi connectivity index (χ0n) is 11.4. The van der Waals surface area contributed by atoms with Gasteiger partial charge in [0.1, 0.15) is 0 Å². The molecule has 0 bridgehead atoms. The number of benzene rings is 1. The Morgan fingerprint density at radius 3 is 2.53 bits per heavy atom. The smallest absolute Gasteiger partial charge is 0.252 e. The van der Waals surface area contributed by atoms with Crippen LogP contribution in [-0.2, 0) is 0 Å². The topological polar surface area (TPSA) is 32.3 Å². The summed E-state index contributed by atoms with van der Waals surface area (Å²) in [5.74, 6) is -0.152. The van der Waals surface area contributed by atoms with E-state index in [1.807, 2.05) is 0 Å². The zero-order valence-corrected chi connectivity index (χ0v) is 12.9. The van der Waals surface area contributed by atoms with Crippen LogP contribution in [0.15, 0.2) is 18.2 Å². The average Bonchev–Trinajstić information content (AvgIpc) is 2.38. The Hall–Kier alpha value is -0.770. The van der Waals surface area contributed by atoms with Gasteiger partial charge in [-0.15, -0.1) is 0 Å². The number of halogens is 2. The van der Waals surface area contributed by atoms with E-state index in [1.54, 1.807) is 18.2 Å². The molecule has 106 valence electrons. The zero-order chi connectivity index (χ0) is 14.3. The fraction of sp³-hybridized carbons (Fsp3) is 0.500. The maximum atomic E-state index is 11.9. The van der Waals surface area contributed by atoms with Gasteiger partial charge in [-0.2, -0.15) is 0 Å². The maximum Gasteiger partial charge on any atom is 0.252 e. The third kappa shape index (κ3) is 5.39. The molecular weight excluding hydrogens is 283 g/mol. The van der Waals surface area contributed by atoms with E-state index in [4.69, 9.17) is 23.2 Å². The van der Waals surface area contributed by atoms with Gasteiger partial charge in [0.05, 0.1) is 10.6 Å². The lowest BCUT2D eigenvalue weighted by Gasteiger charge is -2.17. The molecule has 0 aliphatic heterocycles. The summed E-state index contributed by atoms with van der Waals surface area (Å²) in [5.41, 5.74) is 0.467. The standard InChI is InChI=1S/C14H20Cl2N2O/c1-3-18(4-2)9-5-8-17-14(19)12-7-6-11(15)10-13(12)16/h6-7,10H,3-5,8-9H2,1-2H3,(H,17,19). The van der Waals surface area contributed by atoms with Gasteiger partial charge in [-0.05, 0) is 44.3 Å². The van der Waals surface area contributed by atoms with Crippen LogP contribution in [0.1, 0.15) is 30.6 Å². The van der Waals surface area contributed by atoms with Crippen molar-refractivity contribution in [3.8, 4) is 0 Å². The molecule has 0 saturated heterocycles. The quantitative estimate of drug-likeness (QED) is 0.782. The molecule has 0 aliphatic carbocycles. The van der Waals surface area contributed by atoms with Gasteiger partial charge in [0.25, 0.3) is 5.91 Å².